The maximum atomic E-state index is 13.4. The monoisotopic (exact) mass is 416 g/mol. The number of fused-ring (bicyclic) bond motifs is 4. The molecule has 5 saturated carbocycles. The zero-order valence-electron chi connectivity index (χ0n) is 19.9. The lowest BCUT2D eigenvalue weighted by molar-refractivity contribution is -0.153. The Kier molecular flexibility index (Phi) is 4.86. The Morgan fingerprint density at radius 1 is 1.00 bits per heavy atom. The number of carbonyl (C=O) groups excluding carboxylic acids is 1. The van der Waals surface area contributed by atoms with E-state index in [1.165, 1.54) is 38.5 Å². The molecule has 5 aliphatic rings. The highest BCUT2D eigenvalue weighted by molar-refractivity contribution is 5.91. The van der Waals surface area contributed by atoms with Crippen LogP contribution in [-0.2, 0) is 4.79 Å². The Balaban J connectivity index is 1.37. The molecule has 30 heavy (non-hydrogen) atoms. The quantitative estimate of drug-likeness (QED) is 0.645. The molecule has 0 unspecified atom stereocenters. The molecule has 0 aliphatic heterocycles. The number of hydrogen-bond acceptors (Lipinski definition) is 3. The third-order valence-electron chi connectivity index (χ3n) is 11.7. The van der Waals surface area contributed by atoms with Gasteiger partial charge in [-0.3, -0.25) is 4.79 Å². The maximum absolute atomic E-state index is 13.4. The lowest BCUT2D eigenvalue weighted by atomic mass is 9.45. The first-order valence-corrected chi connectivity index (χ1v) is 13.0. The molecular formula is C27H44O3. The van der Waals surface area contributed by atoms with E-state index in [-0.39, 0.29) is 22.2 Å². The summed E-state index contributed by atoms with van der Waals surface area (Å²) in [5.41, 5.74) is 0.543. The smallest absolute Gasteiger partial charge is 0.140 e. The van der Waals surface area contributed by atoms with Gasteiger partial charge in [-0.15, -0.1) is 0 Å². The molecule has 0 saturated heterocycles. The highest BCUT2D eigenvalue weighted by Crippen LogP contribution is 2.80. The van der Waals surface area contributed by atoms with Crippen LogP contribution in [0.3, 0.4) is 0 Å². The lowest BCUT2D eigenvalue weighted by Gasteiger charge is -2.58. The summed E-state index contributed by atoms with van der Waals surface area (Å²) in [6.45, 7) is 11.3. The first-order chi connectivity index (χ1) is 14.1. The Bertz CT molecular complexity index is 717. The van der Waals surface area contributed by atoms with Gasteiger partial charge in [0.05, 0.1) is 12.2 Å². The van der Waals surface area contributed by atoms with Crippen LogP contribution in [0.15, 0.2) is 0 Å². The standard InChI is InChI=1S/C27H44O3/c1-15(2)12-22(28)24(30)16(3)19-6-7-20-18-13-23(29)27-14-17(27)8-11-26(27,5)21(18)9-10-25(19,20)4/h15-22,24,28,30H,6-14H2,1-5H3/t16-,17-,18-,19+,20-,21-,22+,24+,25+,26+,27-/m0/s1. The Morgan fingerprint density at radius 3 is 2.40 bits per heavy atom. The second-order valence-electron chi connectivity index (χ2n) is 13.1. The summed E-state index contributed by atoms with van der Waals surface area (Å²) in [5.74, 6) is 4.19. The van der Waals surface area contributed by atoms with Gasteiger partial charge in [-0.25, -0.2) is 0 Å². The highest BCUT2D eigenvalue weighted by atomic mass is 16.3. The molecule has 170 valence electrons. The minimum atomic E-state index is -0.637. The van der Waals surface area contributed by atoms with Gasteiger partial charge < -0.3 is 10.2 Å². The number of rotatable bonds is 5. The zero-order valence-corrected chi connectivity index (χ0v) is 19.9. The van der Waals surface area contributed by atoms with Crippen molar-refractivity contribution < 1.29 is 15.0 Å². The molecule has 5 rings (SSSR count). The Morgan fingerprint density at radius 2 is 1.73 bits per heavy atom. The molecule has 0 aromatic rings. The fraction of sp³-hybridized carbons (Fsp3) is 0.963. The number of aliphatic hydroxyl groups excluding tert-OH is 2. The Labute approximate surface area is 183 Å². The van der Waals surface area contributed by atoms with E-state index in [0.29, 0.717) is 41.8 Å². The molecule has 0 radical (unpaired) electrons. The van der Waals surface area contributed by atoms with Gasteiger partial charge in [-0.2, -0.15) is 0 Å². The van der Waals surface area contributed by atoms with E-state index in [1.54, 1.807) is 0 Å². The predicted molar refractivity (Wildman–Crippen MR) is 119 cm³/mol. The molecule has 2 N–H and O–H groups in total. The van der Waals surface area contributed by atoms with Crippen molar-refractivity contribution >= 4 is 5.78 Å². The Hall–Kier alpha value is -0.410. The predicted octanol–water partition coefficient (Wildman–Crippen LogP) is 5.23. The van der Waals surface area contributed by atoms with Crippen LogP contribution in [0.25, 0.3) is 0 Å². The maximum Gasteiger partial charge on any atom is 0.140 e. The summed E-state index contributed by atoms with van der Waals surface area (Å²) >= 11 is 0. The van der Waals surface area contributed by atoms with E-state index in [9.17, 15) is 15.0 Å². The lowest BCUT2D eigenvalue weighted by Crippen LogP contribution is -2.55. The van der Waals surface area contributed by atoms with Crippen LogP contribution in [0.4, 0.5) is 0 Å². The number of Topliss-reactive ketones (excluding diaryl/α,β-unsaturated/α-hetero) is 1. The molecule has 1 spiro atoms. The van der Waals surface area contributed by atoms with Gasteiger partial charge in [0.15, 0.2) is 0 Å². The fourth-order valence-corrected chi connectivity index (χ4v) is 10.1. The number of carbonyl (C=O) groups is 1. The van der Waals surface area contributed by atoms with Crippen molar-refractivity contribution in [3.05, 3.63) is 0 Å². The van der Waals surface area contributed by atoms with Crippen LogP contribution in [-0.4, -0.2) is 28.2 Å². The van der Waals surface area contributed by atoms with Crippen molar-refractivity contribution in [1.82, 2.24) is 0 Å². The van der Waals surface area contributed by atoms with Gasteiger partial charge in [0.1, 0.15) is 5.78 Å². The van der Waals surface area contributed by atoms with Gasteiger partial charge in [0, 0.05) is 11.8 Å². The second-order valence-corrected chi connectivity index (χ2v) is 13.1. The normalized spacial score (nSPS) is 52.3. The van der Waals surface area contributed by atoms with E-state index in [4.69, 9.17) is 0 Å². The first-order valence-electron chi connectivity index (χ1n) is 13.0. The highest BCUT2D eigenvalue weighted by Gasteiger charge is 2.77. The molecule has 0 heterocycles. The van der Waals surface area contributed by atoms with Crippen LogP contribution in [0, 0.1) is 57.7 Å². The summed E-state index contributed by atoms with van der Waals surface area (Å²) in [4.78, 5) is 13.4. The molecule has 11 atom stereocenters. The summed E-state index contributed by atoms with van der Waals surface area (Å²) < 4.78 is 0. The number of hydrogen-bond donors (Lipinski definition) is 2. The molecule has 5 fully saturated rings. The third kappa shape index (κ3) is 2.60. The SMILES string of the molecule is CC(C)C[C@@H](O)[C@H](O)[C@@H](C)[C@H]1CC[C@H]2[C@@H]3CC(=O)[C@]45C[C@@H]4CC[C@]5(C)[C@H]3CC[C@]12C. The van der Waals surface area contributed by atoms with Crippen molar-refractivity contribution in [2.75, 3.05) is 0 Å². The molecule has 3 nitrogen and oxygen atoms in total. The van der Waals surface area contributed by atoms with E-state index in [2.05, 4.69) is 34.6 Å². The van der Waals surface area contributed by atoms with Crippen LogP contribution in [0.1, 0.15) is 92.4 Å². The number of ketones is 1. The summed E-state index contributed by atoms with van der Waals surface area (Å²) in [7, 11) is 0. The van der Waals surface area contributed by atoms with Crippen LogP contribution < -0.4 is 0 Å². The third-order valence-corrected chi connectivity index (χ3v) is 11.7. The van der Waals surface area contributed by atoms with Crippen LogP contribution in [0.2, 0.25) is 0 Å². The fourth-order valence-electron chi connectivity index (χ4n) is 10.1. The summed E-state index contributed by atoms with van der Waals surface area (Å²) in [6, 6.07) is 0. The van der Waals surface area contributed by atoms with Gasteiger partial charge in [0.25, 0.3) is 0 Å². The van der Waals surface area contributed by atoms with Crippen molar-refractivity contribution in [3.8, 4) is 0 Å². The minimum Gasteiger partial charge on any atom is -0.390 e. The average Bonchev–Trinajstić information content (AvgIpc) is 3.21. The summed E-state index contributed by atoms with van der Waals surface area (Å²) in [5, 5.41) is 21.6. The topological polar surface area (TPSA) is 57.5 Å². The molecule has 0 amide bonds. The first kappa shape index (κ1) is 21.4. The largest absolute Gasteiger partial charge is 0.390 e. The van der Waals surface area contributed by atoms with E-state index < -0.39 is 12.2 Å². The minimum absolute atomic E-state index is 0.0738. The molecule has 0 aromatic heterocycles. The molecule has 0 aromatic carbocycles. The van der Waals surface area contributed by atoms with Gasteiger partial charge in [-0.1, -0.05) is 34.6 Å². The van der Waals surface area contributed by atoms with Crippen molar-refractivity contribution in [1.29, 1.82) is 0 Å². The van der Waals surface area contributed by atoms with Gasteiger partial charge in [0.2, 0.25) is 0 Å². The van der Waals surface area contributed by atoms with E-state index >= 15 is 0 Å². The van der Waals surface area contributed by atoms with Gasteiger partial charge in [-0.05, 0) is 104 Å². The number of aliphatic hydroxyl groups is 2. The van der Waals surface area contributed by atoms with Crippen molar-refractivity contribution in [2.45, 2.75) is 105 Å². The summed E-state index contributed by atoms with van der Waals surface area (Å²) in [6.07, 6.45) is 8.84. The molecule has 5 aliphatic carbocycles. The van der Waals surface area contributed by atoms with Crippen molar-refractivity contribution in [3.63, 3.8) is 0 Å². The molecular weight excluding hydrogens is 372 g/mol. The molecule has 0 bridgehead atoms. The van der Waals surface area contributed by atoms with Crippen molar-refractivity contribution in [2.24, 2.45) is 57.7 Å². The van der Waals surface area contributed by atoms with E-state index in [0.717, 1.165) is 18.8 Å². The molecule has 3 heteroatoms. The second kappa shape index (κ2) is 6.80. The average molecular weight is 417 g/mol. The van der Waals surface area contributed by atoms with Crippen LogP contribution >= 0.6 is 0 Å². The van der Waals surface area contributed by atoms with E-state index in [1.807, 2.05) is 0 Å². The van der Waals surface area contributed by atoms with Gasteiger partial charge >= 0.3 is 0 Å². The zero-order chi connectivity index (χ0) is 21.6. The van der Waals surface area contributed by atoms with Crippen LogP contribution in [0.5, 0.6) is 0 Å².